The van der Waals surface area contributed by atoms with E-state index in [1.54, 1.807) is 12.1 Å². The Kier molecular flexibility index (Phi) is 3.65. The first-order chi connectivity index (χ1) is 10.1. The van der Waals surface area contributed by atoms with Gasteiger partial charge in [-0.2, -0.15) is 0 Å². The fourth-order valence-electron chi connectivity index (χ4n) is 2.52. The molecule has 1 aromatic heterocycles. The molecule has 0 unspecified atom stereocenters. The van der Waals surface area contributed by atoms with E-state index >= 15 is 0 Å². The lowest BCUT2D eigenvalue weighted by molar-refractivity contribution is 0.245. The van der Waals surface area contributed by atoms with Crippen LogP contribution < -0.4 is 4.74 Å². The van der Waals surface area contributed by atoms with Gasteiger partial charge in [-0.25, -0.2) is 4.39 Å². The molecule has 0 aliphatic heterocycles. The normalized spacial score (nSPS) is 11.2. The first-order valence-corrected chi connectivity index (χ1v) is 7.12. The Morgan fingerprint density at radius 1 is 1.10 bits per heavy atom. The minimum Gasteiger partial charge on any atom is -0.490 e. The van der Waals surface area contributed by atoms with E-state index in [4.69, 9.17) is 4.74 Å². The van der Waals surface area contributed by atoms with Crippen molar-refractivity contribution in [3.05, 3.63) is 66.1 Å². The zero-order valence-corrected chi connectivity index (χ0v) is 12.2. The number of hydrogen-bond acceptors (Lipinski definition) is 1. The summed E-state index contributed by atoms with van der Waals surface area (Å²) in [6.45, 7) is 4.68. The summed E-state index contributed by atoms with van der Waals surface area (Å²) in [6, 6.07) is 14.8. The number of hydrogen-bond donors (Lipinski definition) is 0. The summed E-state index contributed by atoms with van der Waals surface area (Å²) in [5.74, 6) is 0.688. The second-order valence-corrected chi connectivity index (χ2v) is 5.43. The fourth-order valence-corrected chi connectivity index (χ4v) is 2.52. The van der Waals surface area contributed by atoms with Crippen LogP contribution in [0.3, 0.4) is 0 Å². The van der Waals surface area contributed by atoms with Gasteiger partial charge in [-0.15, -0.1) is 0 Å². The van der Waals surface area contributed by atoms with E-state index in [0.717, 1.165) is 22.2 Å². The molecule has 0 aliphatic rings. The van der Waals surface area contributed by atoms with Crippen LogP contribution in [-0.2, 0) is 6.54 Å². The summed E-state index contributed by atoms with van der Waals surface area (Å²) in [5.41, 5.74) is 2.04. The zero-order chi connectivity index (χ0) is 14.8. The van der Waals surface area contributed by atoms with E-state index in [1.165, 1.54) is 6.07 Å². The molecule has 2 nitrogen and oxygen atoms in total. The van der Waals surface area contributed by atoms with Crippen LogP contribution in [0.4, 0.5) is 4.39 Å². The summed E-state index contributed by atoms with van der Waals surface area (Å²) < 4.78 is 21.2. The van der Waals surface area contributed by atoms with Crippen molar-refractivity contribution in [2.75, 3.05) is 0 Å². The predicted molar refractivity (Wildman–Crippen MR) is 83.2 cm³/mol. The highest BCUT2D eigenvalue weighted by molar-refractivity contribution is 5.86. The Morgan fingerprint density at radius 2 is 1.90 bits per heavy atom. The predicted octanol–water partition coefficient (Wildman–Crippen LogP) is 4.62. The molecule has 21 heavy (non-hydrogen) atoms. The van der Waals surface area contributed by atoms with Gasteiger partial charge in [0.05, 0.1) is 11.6 Å². The van der Waals surface area contributed by atoms with Gasteiger partial charge in [-0.05, 0) is 49.7 Å². The van der Waals surface area contributed by atoms with Crippen LogP contribution in [0.25, 0.3) is 10.9 Å². The lowest BCUT2D eigenvalue weighted by Crippen LogP contribution is -2.05. The molecule has 0 bridgehead atoms. The Labute approximate surface area is 123 Å². The molecule has 0 N–H and O–H groups in total. The standard InChI is InChI=1S/C18H18FNO/c1-13(2)21-18-8-4-7-17-16(18)9-10-20(17)12-14-5-3-6-15(19)11-14/h3-11,13H,12H2,1-2H3. The second kappa shape index (κ2) is 5.60. The maximum absolute atomic E-state index is 13.3. The molecular weight excluding hydrogens is 265 g/mol. The highest BCUT2D eigenvalue weighted by atomic mass is 19.1. The van der Waals surface area contributed by atoms with Crippen molar-refractivity contribution in [3.8, 4) is 5.75 Å². The van der Waals surface area contributed by atoms with Gasteiger partial charge in [0, 0.05) is 18.1 Å². The van der Waals surface area contributed by atoms with Crippen molar-refractivity contribution >= 4 is 10.9 Å². The van der Waals surface area contributed by atoms with Gasteiger partial charge < -0.3 is 9.30 Å². The maximum Gasteiger partial charge on any atom is 0.129 e. The van der Waals surface area contributed by atoms with Gasteiger partial charge >= 0.3 is 0 Å². The van der Waals surface area contributed by atoms with E-state index < -0.39 is 0 Å². The van der Waals surface area contributed by atoms with Crippen molar-refractivity contribution in [1.29, 1.82) is 0 Å². The number of ether oxygens (including phenoxy) is 1. The van der Waals surface area contributed by atoms with Crippen molar-refractivity contribution in [3.63, 3.8) is 0 Å². The molecule has 2 aromatic carbocycles. The highest BCUT2D eigenvalue weighted by Crippen LogP contribution is 2.28. The number of nitrogens with zero attached hydrogens (tertiary/aromatic N) is 1. The van der Waals surface area contributed by atoms with Gasteiger partial charge in [0.15, 0.2) is 0 Å². The van der Waals surface area contributed by atoms with Crippen molar-refractivity contribution in [2.45, 2.75) is 26.5 Å². The van der Waals surface area contributed by atoms with Gasteiger partial charge in [-0.1, -0.05) is 18.2 Å². The summed E-state index contributed by atoms with van der Waals surface area (Å²) >= 11 is 0. The lowest BCUT2D eigenvalue weighted by Gasteiger charge is -2.11. The molecule has 108 valence electrons. The summed E-state index contributed by atoms with van der Waals surface area (Å²) in [4.78, 5) is 0. The average molecular weight is 283 g/mol. The molecule has 3 heteroatoms. The molecule has 0 aliphatic carbocycles. The SMILES string of the molecule is CC(C)Oc1cccc2c1ccn2Cc1cccc(F)c1. The number of fused-ring (bicyclic) bond motifs is 1. The minimum absolute atomic E-state index is 0.141. The molecule has 0 saturated heterocycles. The zero-order valence-electron chi connectivity index (χ0n) is 12.2. The van der Waals surface area contributed by atoms with Crippen LogP contribution in [0, 0.1) is 5.82 Å². The topological polar surface area (TPSA) is 14.2 Å². The van der Waals surface area contributed by atoms with Crippen LogP contribution in [0.5, 0.6) is 5.75 Å². The molecule has 3 rings (SSSR count). The molecule has 1 heterocycles. The lowest BCUT2D eigenvalue weighted by atomic mass is 10.2. The number of rotatable bonds is 4. The maximum atomic E-state index is 13.3. The Morgan fingerprint density at radius 3 is 2.67 bits per heavy atom. The molecule has 0 amide bonds. The molecule has 0 saturated carbocycles. The van der Waals surface area contributed by atoms with Crippen LogP contribution in [0.1, 0.15) is 19.4 Å². The molecule has 0 fully saturated rings. The molecule has 0 radical (unpaired) electrons. The van der Waals surface area contributed by atoms with Gasteiger partial charge in [0.2, 0.25) is 0 Å². The smallest absolute Gasteiger partial charge is 0.129 e. The molecule has 0 spiro atoms. The monoisotopic (exact) mass is 283 g/mol. The van der Waals surface area contributed by atoms with E-state index in [0.29, 0.717) is 6.54 Å². The molecular formula is C18H18FNO. The third-order valence-corrected chi connectivity index (χ3v) is 3.38. The van der Waals surface area contributed by atoms with E-state index in [2.05, 4.69) is 10.6 Å². The summed E-state index contributed by atoms with van der Waals surface area (Å²) in [6.07, 6.45) is 2.16. The number of aromatic nitrogens is 1. The minimum atomic E-state index is -0.201. The second-order valence-electron chi connectivity index (χ2n) is 5.43. The quantitative estimate of drug-likeness (QED) is 0.681. The van der Waals surface area contributed by atoms with Crippen molar-refractivity contribution in [2.24, 2.45) is 0 Å². The first-order valence-electron chi connectivity index (χ1n) is 7.12. The van der Waals surface area contributed by atoms with Crippen molar-refractivity contribution in [1.82, 2.24) is 4.57 Å². The van der Waals surface area contributed by atoms with Crippen LogP contribution in [-0.4, -0.2) is 10.7 Å². The largest absolute Gasteiger partial charge is 0.490 e. The van der Waals surface area contributed by atoms with Crippen LogP contribution in [0.15, 0.2) is 54.7 Å². The van der Waals surface area contributed by atoms with Crippen molar-refractivity contribution < 1.29 is 9.13 Å². The fraction of sp³-hybridized carbons (Fsp3) is 0.222. The highest BCUT2D eigenvalue weighted by Gasteiger charge is 2.08. The third-order valence-electron chi connectivity index (χ3n) is 3.38. The van der Waals surface area contributed by atoms with Crippen LogP contribution in [0.2, 0.25) is 0 Å². The number of halogens is 1. The Hall–Kier alpha value is -2.29. The molecule has 3 aromatic rings. The average Bonchev–Trinajstić information content (AvgIpc) is 2.83. The van der Waals surface area contributed by atoms with Gasteiger partial charge in [0.25, 0.3) is 0 Å². The van der Waals surface area contributed by atoms with Gasteiger partial charge in [0.1, 0.15) is 11.6 Å². The number of benzene rings is 2. The summed E-state index contributed by atoms with van der Waals surface area (Å²) in [5, 5.41) is 1.09. The summed E-state index contributed by atoms with van der Waals surface area (Å²) in [7, 11) is 0. The van der Waals surface area contributed by atoms with E-state index in [9.17, 15) is 4.39 Å². The third kappa shape index (κ3) is 2.92. The van der Waals surface area contributed by atoms with E-state index in [-0.39, 0.29) is 11.9 Å². The Bertz CT molecular complexity index is 761. The van der Waals surface area contributed by atoms with E-state index in [1.807, 2.05) is 44.3 Å². The van der Waals surface area contributed by atoms with Crippen LogP contribution >= 0.6 is 0 Å². The Balaban J connectivity index is 1.97. The van der Waals surface area contributed by atoms with Gasteiger partial charge in [-0.3, -0.25) is 0 Å². The molecule has 0 atom stereocenters. The first kappa shape index (κ1) is 13.7.